The van der Waals surface area contributed by atoms with Gasteiger partial charge in [-0.25, -0.2) is 4.39 Å². The Hall–Kier alpha value is -0.515. The van der Waals surface area contributed by atoms with E-state index in [9.17, 15) is 4.39 Å². The molecule has 18 heavy (non-hydrogen) atoms. The zero-order valence-electron chi connectivity index (χ0n) is 11.4. The highest BCUT2D eigenvalue weighted by Crippen LogP contribution is 2.36. The topological polar surface area (TPSA) is 18.5 Å². The molecule has 0 aliphatic carbocycles. The lowest BCUT2D eigenvalue weighted by molar-refractivity contribution is 0.00578. The van der Waals surface area contributed by atoms with Crippen molar-refractivity contribution in [2.24, 2.45) is 0 Å². The minimum absolute atomic E-state index is 0.258. The van der Waals surface area contributed by atoms with Crippen LogP contribution < -0.4 is 5.46 Å². The Morgan fingerprint density at radius 2 is 1.61 bits per heavy atom. The monoisotopic (exact) mass is 268 g/mol. The molecule has 0 amide bonds. The Morgan fingerprint density at radius 3 is 2.11 bits per heavy atom. The first-order valence-corrected chi connectivity index (χ1v) is 7.18. The summed E-state index contributed by atoms with van der Waals surface area (Å²) in [4.78, 5) is 0.875. The molecule has 1 fully saturated rings. The number of benzene rings is 1. The van der Waals surface area contributed by atoms with E-state index >= 15 is 0 Å². The summed E-state index contributed by atoms with van der Waals surface area (Å²) in [6.07, 6.45) is 1.92. The maximum Gasteiger partial charge on any atom is 0.494 e. The van der Waals surface area contributed by atoms with E-state index in [1.54, 1.807) is 0 Å². The minimum Gasteiger partial charge on any atom is -0.399 e. The summed E-state index contributed by atoms with van der Waals surface area (Å²) < 4.78 is 25.3. The second-order valence-electron chi connectivity index (χ2n) is 5.51. The Balaban J connectivity index is 2.32. The van der Waals surface area contributed by atoms with Gasteiger partial charge in [-0.05, 0) is 57.6 Å². The standard InChI is InChI=1S/C13H18BFO2S/c1-12(2)13(3,4)17-14(16-12)9-6-10(15)8-11(7-9)18-5/h6-8H,1-5H3. The molecule has 0 saturated carbocycles. The summed E-state index contributed by atoms with van der Waals surface area (Å²) in [7, 11) is -0.503. The minimum atomic E-state index is -0.503. The third-order valence-electron chi connectivity index (χ3n) is 3.65. The molecule has 2 nitrogen and oxygen atoms in total. The normalized spacial score (nSPS) is 21.3. The summed E-state index contributed by atoms with van der Waals surface area (Å²) in [5.41, 5.74) is -0.0643. The average molecular weight is 268 g/mol. The van der Waals surface area contributed by atoms with E-state index in [0.717, 1.165) is 10.4 Å². The fourth-order valence-corrected chi connectivity index (χ4v) is 2.30. The van der Waals surface area contributed by atoms with Gasteiger partial charge >= 0.3 is 7.12 Å². The number of hydrogen-bond acceptors (Lipinski definition) is 3. The van der Waals surface area contributed by atoms with E-state index in [-0.39, 0.29) is 5.82 Å². The molecule has 2 rings (SSSR count). The maximum absolute atomic E-state index is 13.5. The number of halogens is 1. The van der Waals surface area contributed by atoms with Gasteiger partial charge in [-0.3, -0.25) is 0 Å². The highest BCUT2D eigenvalue weighted by atomic mass is 32.2. The summed E-state index contributed by atoms with van der Waals surface area (Å²) >= 11 is 1.50. The quantitative estimate of drug-likeness (QED) is 0.607. The van der Waals surface area contributed by atoms with Crippen molar-refractivity contribution in [1.29, 1.82) is 0 Å². The number of thioether (sulfide) groups is 1. The summed E-state index contributed by atoms with van der Waals surface area (Å²) in [6.45, 7) is 7.95. The van der Waals surface area contributed by atoms with Gasteiger partial charge in [0.15, 0.2) is 0 Å². The van der Waals surface area contributed by atoms with Crippen LogP contribution in [-0.2, 0) is 9.31 Å². The van der Waals surface area contributed by atoms with Gasteiger partial charge in [0.25, 0.3) is 0 Å². The molecule has 0 radical (unpaired) electrons. The van der Waals surface area contributed by atoms with Crippen molar-refractivity contribution in [1.82, 2.24) is 0 Å². The first-order chi connectivity index (χ1) is 8.25. The molecule has 0 aromatic heterocycles. The van der Waals surface area contributed by atoms with Crippen molar-refractivity contribution in [3.63, 3.8) is 0 Å². The largest absolute Gasteiger partial charge is 0.494 e. The lowest BCUT2D eigenvalue weighted by Gasteiger charge is -2.32. The van der Waals surface area contributed by atoms with Gasteiger partial charge in [-0.15, -0.1) is 11.8 Å². The molecule has 0 N–H and O–H groups in total. The van der Waals surface area contributed by atoms with Crippen molar-refractivity contribution in [2.45, 2.75) is 43.8 Å². The predicted molar refractivity (Wildman–Crippen MR) is 73.9 cm³/mol. The SMILES string of the molecule is CSc1cc(F)cc(B2OC(C)(C)C(C)(C)O2)c1. The molecule has 0 atom stereocenters. The fourth-order valence-electron chi connectivity index (χ4n) is 1.82. The van der Waals surface area contributed by atoms with Crippen LogP contribution >= 0.6 is 11.8 Å². The van der Waals surface area contributed by atoms with Crippen LogP contribution in [0.4, 0.5) is 4.39 Å². The van der Waals surface area contributed by atoms with E-state index in [0.29, 0.717) is 0 Å². The lowest BCUT2D eigenvalue weighted by atomic mass is 9.79. The maximum atomic E-state index is 13.5. The van der Waals surface area contributed by atoms with Crippen LogP contribution in [0.3, 0.4) is 0 Å². The predicted octanol–water partition coefficient (Wildman–Crippen LogP) is 2.85. The van der Waals surface area contributed by atoms with Gasteiger partial charge in [0.2, 0.25) is 0 Å². The highest BCUT2D eigenvalue weighted by Gasteiger charge is 2.51. The van der Waals surface area contributed by atoms with Crippen molar-refractivity contribution in [3.05, 3.63) is 24.0 Å². The van der Waals surface area contributed by atoms with Gasteiger partial charge in [0.1, 0.15) is 5.82 Å². The second kappa shape index (κ2) is 4.55. The molecule has 5 heteroatoms. The van der Waals surface area contributed by atoms with Crippen LogP contribution in [0.1, 0.15) is 27.7 Å². The van der Waals surface area contributed by atoms with Crippen molar-refractivity contribution in [2.75, 3.05) is 6.26 Å². The number of rotatable bonds is 2. The molecule has 0 bridgehead atoms. The van der Waals surface area contributed by atoms with Crippen LogP contribution in [0.5, 0.6) is 0 Å². The first kappa shape index (κ1) is 13.9. The molecule has 1 aliphatic heterocycles. The van der Waals surface area contributed by atoms with Crippen LogP contribution in [0.2, 0.25) is 0 Å². The highest BCUT2D eigenvalue weighted by molar-refractivity contribution is 7.98. The van der Waals surface area contributed by atoms with Crippen molar-refractivity contribution in [3.8, 4) is 0 Å². The van der Waals surface area contributed by atoms with E-state index < -0.39 is 18.3 Å². The molecule has 1 heterocycles. The molecule has 98 valence electrons. The zero-order valence-corrected chi connectivity index (χ0v) is 12.2. The number of hydrogen-bond donors (Lipinski definition) is 0. The third-order valence-corrected chi connectivity index (χ3v) is 4.36. The van der Waals surface area contributed by atoms with Gasteiger partial charge < -0.3 is 9.31 Å². The Labute approximate surface area is 112 Å². The van der Waals surface area contributed by atoms with Crippen LogP contribution in [0, 0.1) is 5.82 Å². The Bertz CT molecular complexity index is 446. The second-order valence-corrected chi connectivity index (χ2v) is 6.39. The molecule has 0 spiro atoms. The molecule has 1 aromatic carbocycles. The van der Waals surface area contributed by atoms with Gasteiger partial charge in [0, 0.05) is 4.90 Å². The average Bonchev–Trinajstić information content (AvgIpc) is 2.47. The van der Waals surface area contributed by atoms with E-state index in [1.165, 1.54) is 23.9 Å². The van der Waals surface area contributed by atoms with Gasteiger partial charge in [-0.1, -0.05) is 0 Å². The summed E-state index contributed by atoms with van der Waals surface area (Å²) in [5.74, 6) is -0.258. The van der Waals surface area contributed by atoms with Gasteiger partial charge in [0.05, 0.1) is 11.2 Å². The smallest absolute Gasteiger partial charge is 0.399 e. The third kappa shape index (κ3) is 2.44. The summed E-state index contributed by atoms with van der Waals surface area (Å²) in [6, 6.07) is 4.90. The van der Waals surface area contributed by atoms with Crippen LogP contribution in [0.15, 0.2) is 23.1 Å². The molecular weight excluding hydrogens is 250 g/mol. The van der Waals surface area contributed by atoms with Crippen molar-refractivity contribution < 1.29 is 13.7 Å². The first-order valence-electron chi connectivity index (χ1n) is 5.95. The van der Waals surface area contributed by atoms with Crippen LogP contribution in [0.25, 0.3) is 0 Å². The Morgan fingerprint density at radius 1 is 1.06 bits per heavy atom. The van der Waals surface area contributed by atoms with Gasteiger partial charge in [-0.2, -0.15) is 0 Å². The molecule has 1 saturated heterocycles. The fraction of sp³-hybridized carbons (Fsp3) is 0.538. The molecule has 1 aliphatic rings. The van der Waals surface area contributed by atoms with E-state index in [4.69, 9.17) is 9.31 Å². The van der Waals surface area contributed by atoms with E-state index in [2.05, 4.69) is 0 Å². The zero-order chi connectivity index (χ0) is 13.6. The van der Waals surface area contributed by atoms with Crippen molar-refractivity contribution >= 4 is 24.3 Å². The van der Waals surface area contributed by atoms with E-state index in [1.807, 2.05) is 40.0 Å². The van der Waals surface area contributed by atoms with Crippen LogP contribution in [-0.4, -0.2) is 24.6 Å². The molecular formula is C13H18BFO2S. The summed E-state index contributed by atoms with van der Waals surface area (Å²) in [5, 5.41) is 0. The Kier molecular flexibility index (Phi) is 3.51. The molecule has 1 aromatic rings. The molecule has 0 unspecified atom stereocenters. The lowest BCUT2D eigenvalue weighted by Crippen LogP contribution is -2.41.